The predicted octanol–water partition coefficient (Wildman–Crippen LogP) is 2.92. The molecule has 1 aromatic heterocycles. The van der Waals surface area contributed by atoms with Gasteiger partial charge in [0.15, 0.2) is 5.78 Å². The first-order valence-corrected chi connectivity index (χ1v) is 5.38. The van der Waals surface area contributed by atoms with E-state index in [0.29, 0.717) is 16.9 Å². The molecule has 2 aromatic rings. The summed E-state index contributed by atoms with van der Waals surface area (Å²) >= 11 is 0. The van der Waals surface area contributed by atoms with E-state index in [2.05, 4.69) is 0 Å². The summed E-state index contributed by atoms with van der Waals surface area (Å²) < 4.78 is 5.05. The zero-order valence-electron chi connectivity index (χ0n) is 9.75. The number of hydrogen-bond donors (Lipinski definition) is 0. The molecule has 0 saturated heterocycles. The Morgan fingerprint density at radius 1 is 1.39 bits per heavy atom. The maximum absolute atomic E-state index is 11.9. The Kier molecular flexibility index (Phi) is 3.23. The average molecular weight is 245 g/mol. The van der Waals surface area contributed by atoms with Crippen molar-refractivity contribution in [3.63, 3.8) is 0 Å². The Balaban J connectivity index is 2.24. The standard InChI is InChI=1S/C13H11NO4/c1-9-6-11(8-18-9)13(15)7-10-4-2-3-5-12(10)14(16)17/h2-6,8H,7H2,1H3. The molecule has 0 aliphatic carbocycles. The summed E-state index contributed by atoms with van der Waals surface area (Å²) in [6, 6.07) is 7.85. The number of aryl methyl sites for hydroxylation is 1. The molecule has 0 unspecified atom stereocenters. The molecule has 18 heavy (non-hydrogen) atoms. The minimum absolute atomic E-state index is 0.00384. The summed E-state index contributed by atoms with van der Waals surface area (Å²) in [4.78, 5) is 22.3. The summed E-state index contributed by atoms with van der Waals surface area (Å²) in [6.45, 7) is 1.74. The van der Waals surface area contributed by atoms with Crippen molar-refractivity contribution in [2.45, 2.75) is 13.3 Å². The highest BCUT2D eigenvalue weighted by Gasteiger charge is 2.17. The van der Waals surface area contributed by atoms with Crippen LogP contribution in [0.25, 0.3) is 0 Å². The van der Waals surface area contributed by atoms with Gasteiger partial charge in [0.25, 0.3) is 5.69 Å². The highest BCUT2D eigenvalue weighted by atomic mass is 16.6. The topological polar surface area (TPSA) is 73.3 Å². The van der Waals surface area contributed by atoms with E-state index >= 15 is 0 Å². The van der Waals surface area contributed by atoms with Gasteiger partial charge in [0, 0.05) is 18.1 Å². The minimum atomic E-state index is -0.483. The third-order valence-electron chi connectivity index (χ3n) is 2.59. The third-order valence-corrected chi connectivity index (χ3v) is 2.59. The van der Waals surface area contributed by atoms with Gasteiger partial charge in [-0.3, -0.25) is 14.9 Å². The Labute approximate surface area is 103 Å². The third kappa shape index (κ3) is 2.45. The summed E-state index contributed by atoms with van der Waals surface area (Å²) in [5, 5.41) is 10.8. The van der Waals surface area contributed by atoms with E-state index in [1.165, 1.54) is 12.3 Å². The van der Waals surface area contributed by atoms with Crippen LogP contribution in [0.3, 0.4) is 0 Å². The lowest BCUT2D eigenvalue weighted by Gasteiger charge is -2.00. The lowest BCUT2D eigenvalue weighted by Crippen LogP contribution is -2.04. The van der Waals surface area contributed by atoms with Crippen LogP contribution in [-0.4, -0.2) is 10.7 Å². The van der Waals surface area contributed by atoms with Crippen LogP contribution in [0.4, 0.5) is 5.69 Å². The van der Waals surface area contributed by atoms with Gasteiger partial charge in [-0.25, -0.2) is 0 Å². The maximum Gasteiger partial charge on any atom is 0.273 e. The molecule has 5 nitrogen and oxygen atoms in total. The molecule has 0 bridgehead atoms. The maximum atomic E-state index is 11.9. The molecule has 0 aliphatic heterocycles. The van der Waals surface area contributed by atoms with Crippen LogP contribution in [0.15, 0.2) is 41.0 Å². The Morgan fingerprint density at radius 2 is 2.11 bits per heavy atom. The van der Waals surface area contributed by atoms with Crippen LogP contribution in [-0.2, 0) is 6.42 Å². The summed E-state index contributed by atoms with van der Waals surface area (Å²) in [7, 11) is 0. The van der Waals surface area contributed by atoms with Gasteiger partial charge in [0.1, 0.15) is 12.0 Å². The summed E-state index contributed by atoms with van der Waals surface area (Å²) in [6.07, 6.45) is 1.36. The van der Waals surface area contributed by atoms with Crippen LogP contribution >= 0.6 is 0 Å². The van der Waals surface area contributed by atoms with Crippen molar-refractivity contribution < 1.29 is 14.1 Å². The van der Waals surface area contributed by atoms with Crippen molar-refractivity contribution in [3.8, 4) is 0 Å². The SMILES string of the molecule is Cc1cc(C(=O)Cc2ccccc2[N+](=O)[O-])co1. The normalized spacial score (nSPS) is 10.3. The van der Waals surface area contributed by atoms with Gasteiger partial charge in [0.2, 0.25) is 0 Å². The molecule has 0 atom stereocenters. The number of rotatable bonds is 4. The fourth-order valence-corrected chi connectivity index (χ4v) is 1.70. The highest BCUT2D eigenvalue weighted by molar-refractivity contribution is 5.97. The summed E-state index contributed by atoms with van der Waals surface area (Å²) in [5.74, 6) is 0.446. The number of furan rings is 1. The van der Waals surface area contributed by atoms with Gasteiger partial charge in [0.05, 0.1) is 10.5 Å². The van der Waals surface area contributed by atoms with Crippen molar-refractivity contribution in [2.24, 2.45) is 0 Å². The first-order valence-electron chi connectivity index (χ1n) is 5.38. The Bertz CT molecular complexity index is 601. The fraction of sp³-hybridized carbons (Fsp3) is 0.154. The molecule has 0 spiro atoms. The van der Waals surface area contributed by atoms with Gasteiger partial charge in [-0.2, -0.15) is 0 Å². The van der Waals surface area contributed by atoms with Crippen molar-refractivity contribution in [1.29, 1.82) is 0 Å². The van der Waals surface area contributed by atoms with Crippen LogP contribution < -0.4 is 0 Å². The van der Waals surface area contributed by atoms with E-state index in [0.717, 1.165) is 0 Å². The number of ketones is 1. The van der Waals surface area contributed by atoms with E-state index < -0.39 is 4.92 Å². The summed E-state index contributed by atoms with van der Waals surface area (Å²) in [5.41, 5.74) is 0.808. The number of nitro groups is 1. The molecule has 5 heteroatoms. The number of nitrogens with zero attached hydrogens (tertiary/aromatic N) is 1. The second kappa shape index (κ2) is 4.83. The monoisotopic (exact) mass is 245 g/mol. The first kappa shape index (κ1) is 12.0. The number of Topliss-reactive ketones (excluding diaryl/α,β-unsaturated/α-hetero) is 1. The predicted molar refractivity (Wildman–Crippen MR) is 64.6 cm³/mol. The minimum Gasteiger partial charge on any atom is -0.469 e. The zero-order valence-corrected chi connectivity index (χ0v) is 9.75. The van der Waals surface area contributed by atoms with Crippen molar-refractivity contribution >= 4 is 11.5 Å². The number of hydrogen-bond acceptors (Lipinski definition) is 4. The molecule has 1 heterocycles. The average Bonchev–Trinajstić information content (AvgIpc) is 2.76. The van der Waals surface area contributed by atoms with Gasteiger partial charge >= 0.3 is 0 Å². The molecule has 0 radical (unpaired) electrons. The molecule has 0 aliphatic rings. The van der Waals surface area contributed by atoms with Gasteiger partial charge < -0.3 is 4.42 Å². The second-order valence-corrected chi connectivity index (χ2v) is 3.93. The number of carbonyl (C=O) groups is 1. The number of carbonyl (C=O) groups excluding carboxylic acids is 1. The van der Waals surface area contributed by atoms with Crippen molar-refractivity contribution in [2.75, 3.05) is 0 Å². The lowest BCUT2D eigenvalue weighted by atomic mass is 10.0. The number of para-hydroxylation sites is 1. The van der Waals surface area contributed by atoms with Crippen LogP contribution in [0.5, 0.6) is 0 Å². The van der Waals surface area contributed by atoms with Crippen LogP contribution in [0, 0.1) is 17.0 Å². The van der Waals surface area contributed by atoms with Crippen LogP contribution in [0.1, 0.15) is 21.7 Å². The van der Waals surface area contributed by atoms with Gasteiger partial charge in [-0.05, 0) is 13.0 Å². The molecule has 2 rings (SSSR count). The zero-order chi connectivity index (χ0) is 13.1. The van der Waals surface area contributed by atoms with Crippen molar-refractivity contribution in [3.05, 3.63) is 63.6 Å². The van der Waals surface area contributed by atoms with E-state index in [9.17, 15) is 14.9 Å². The molecule has 0 fully saturated rings. The molecular weight excluding hydrogens is 234 g/mol. The lowest BCUT2D eigenvalue weighted by molar-refractivity contribution is -0.385. The van der Waals surface area contributed by atoms with Crippen LogP contribution in [0.2, 0.25) is 0 Å². The van der Waals surface area contributed by atoms with E-state index in [1.807, 2.05) is 0 Å². The molecule has 0 saturated carbocycles. The van der Waals surface area contributed by atoms with E-state index in [4.69, 9.17) is 4.42 Å². The van der Waals surface area contributed by atoms with Gasteiger partial charge in [-0.15, -0.1) is 0 Å². The quantitative estimate of drug-likeness (QED) is 0.471. The highest BCUT2D eigenvalue weighted by Crippen LogP contribution is 2.20. The van der Waals surface area contributed by atoms with E-state index in [1.54, 1.807) is 31.2 Å². The smallest absolute Gasteiger partial charge is 0.273 e. The first-order chi connectivity index (χ1) is 8.58. The van der Waals surface area contributed by atoms with Gasteiger partial charge in [-0.1, -0.05) is 18.2 Å². The van der Waals surface area contributed by atoms with Crippen molar-refractivity contribution in [1.82, 2.24) is 0 Å². The molecule has 0 amide bonds. The van der Waals surface area contributed by atoms with E-state index in [-0.39, 0.29) is 17.9 Å². The molecule has 1 aromatic carbocycles. The molecular formula is C13H11NO4. The largest absolute Gasteiger partial charge is 0.469 e. The Hall–Kier alpha value is -2.43. The fourth-order valence-electron chi connectivity index (χ4n) is 1.70. The molecule has 92 valence electrons. The number of nitro benzene ring substituents is 1. The second-order valence-electron chi connectivity index (χ2n) is 3.93. The Morgan fingerprint density at radius 3 is 2.72 bits per heavy atom. The molecule has 0 N–H and O–H groups in total. The number of benzene rings is 1.